The lowest BCUT2D eigenvalue weighted by Gasteiger charge is -2.33. The molecule has 1 aromatic rings. The molecule has 22 heavy (non-hydrogen) atoms. The first-order valence-corrected chi connectivity index (χ1v) is 8.59. The van der Waals surface area contributed by atoms with Crippen molar-refractivity contribution >= 4 is 23.6 Å². The van der Waals surface area contributed by atoms with Crippen LogP contribution in [-0.4, -0.2) is 40.6 Å². The molecule has 1 aliphatic rings. The van der Waals surface area contributed by atoms with E-state index in [9.17, 15) is 14.7 Å². The maximum Gasteiger partial charge on any atom is 0.329 e. The van der Waals surface area contributed by atoms with Crippen molar-refractivity contribution in [3.05, 3.63) is 29.8 Å². The first kappa shape index (κ1) is 16.7. The smallest absolute Gasteiger partial charge is 0.329 e. The zero-order chi connectivity index (χ0) is 16.0. The van der Waals surface area contributed by atoms with Crippen LogP contribution in [0.2, 0.25) is 0 Å². The monoisotopic (exact) mass is 323 g/mol. The van der Waals surface area contributed by atoms with Gasteiger partial charge >= 0.3 is 5.97 Å². The molecule has 1 aromatic carbocycles. The molecular formula is C16H21NO4S. The number of ether oxygens (including phenoxy) is 1. The number of rotatable bonds is 6. The van der Waals surface area contributed by atoms with E-state index in [1.807, 2.05) is 6.92 Å². The number of carboxylic acid groups (broad SMARTS) is 1. The minimum atomic E-state index is -1.15. The van der Waals surface area contributed by atoms with E-state index in [1.165, 1.54) is 0 Å². The van der Waals surface area contributed by atoms with Gasteiger partial charge in [-0.3, -0.25) is 4.79 Å². The molecule has 1 fully saturated rings. The molecular weight excluding hydrogens is 302 g/mol. The van der Waals surface area contributed by atoms with Crippen molar-refractivity contribution in [2.24, 2.45) is 0 Å². The second-order valence-corrected chi connectivity index (χ2v) is 6.55. The van der Waals surface area contributed by atoms with Crippen LogP contribution in [0.25, 0.3) is 0 Å². The lowest BCUT2D eigenvalue weighted by atomic mass is 9.92. The van der Waals surface area contributed by atoms with Gasteiger partial charge in [-0.15, -0.1) is 0 Å². The summed E-state index contributed by atoms with van der Waals surface area (Å²) in [7, 11) is 0. The Morgan fingerprint density at radius 2 is 2.09 bits per heavy atom. The fourth-order valence-electron chi connectivity index (χ4n) is 2.35. The van der Waals surface area contributed by atoms with Gasteiger partial charge in [0.15, 0.2) is 0 Å². The number of thioether (sulfide) groups is 1. The predicted octanol–water partition coefficient (Wildman–Crippen LogP) is 2.56. The Bertz CT molecular complexity index is 541. The van der Waals surface area contributed by atoms with Gasteiger partial charge < -0.3 is 15.2 Å². The highest BCUT2D eigenvalue weighted by molar-refractivity contribution is 7.99. The van der Waals surface area contributed by atoms with Gasteiger partial charge in [-0.05, 0) is 49.0 Å². The largest absolute Gasteiger partial charge is 0.494 e. The van der Waals surface area contributed by atoms with Crippen molar-refractivity contribution in [1.82, 2.24) is 5.32 Å². The first-order valence-electron chi connectivity index (χ1n) is 7.44. The Morgan fingerprint density at radius 3 is 2.73 bits per heavy atom. The number of carboxylic acids is 1. The van der Waals surface area contributed by atoms with E-state index in [4.69, 9.17) is 4.74 Å². The van der Waals surface area contributed by atoms with Gasteiger partial charge in [0.2, 0.25) is 0 Å². The molecule has 120 valence electrons. The third-order valence-electron chi connectivity index (χ3n) is 3.68. The van der Waals surface area contributed by atoms with Crippen molar-refractivity contribution in [2.75, 3.05) is 18.1 Å². The van der Waals surface area contributed by atoms with Crippen LogP contribution < -0.4 is 10.1 Å². The maximum absolute atomic E-state index is 12.4. The zero-order valence-corrected chi connectivity index (χ0v) is 13.4. The summed E-state index contributed by atoms with van der Waals surface area (Å²) in [5.74, 6) is 0.784. The molecule has 2 rings (SSSR count). The number of carbonyl (C=O) groups excluding carboxylic acids is 1. The van der Waals surface area contributed by atoms with Gasteiger partial charge in [0.1, 0.15) is 11.3 Å². The topological polar surface area (TPSA) is 75.6 Å². The van der Waals surface area contributed by atoms with Gasteiger partial charge in [0.05, 0.1) is 6.61 Å². The van der Waals surface area contributed by atoms with Gasteiger partial charge in [0.25, 0.3) is 5.91 Å². The van der Waals surface area contributed by atoms with Crippen molar-refractivity contribution in [1.29, 1.82) is 0 Å². The van der Waals surface area contributed by atoms with Crippen LogP contribution in [0.1, 0.15) is 36.5 Å². The van der Waals surface area contributed by atoms with E-state index in [0.717, 1.165) is 17.9 Å². The Balaban J connectivity index is 2.11. The van der Waals surface area contributed by atoms with E-state index in [1.54, 1.807) is 36.0 Å². The van der Waals surface area contributed by atoms with Gasteiger partial charge in [-0.1, -0.05) is 13.0 Å². The van der Waals surface area contributed by atoms with Crippen molar-refractivity contribution in [3.63, 3.8) is 0 Å². The Morgan fingerprint density at radius 1 is 1.36 bits per heavy atom. The SMILES string of the molecule is CCCOc1cccc(C(=O)NC2(C(=O)O)CCSCC2)c1. The van der Waals surface area contributed by atoms with Crippen LogP contribution in [0.3, 0.4) is 0 Å². The molecule has 0 radical (unpaired) electrons. The minimum Gasteiger partial charge on any atom is -0.494 e. The molecule has 0 spiro atoms. The van der Waals surface area contributed by atoms with E-state index in [2.05, 4.69) is 5.32 Å². The molecule has 1 saturated heterocycles. The normalized spacial score (nSPS) is 16.8. The van der Waals surface area contributed by atoms with Gasteiger partial charge in [0, 0.05) is 5.56 Å². The van der Waals surface area contributed by atoms with E-state index in [0.29, 0.717) is 30.8 Å². The van der Waals surface area contributed by atoms with Crippen LogP contribution in [-0.2, 0) is 4.79 Å². The van der Waals surface area contributed by atoms with Crippen LogP contribution in [0, 0.1) is 0 Å². The van der Waals surface area contributed by atoms with Crippen LogP contribution in [0.4, 0.5) is 0 Å². The van der Waals surface area contributed by atoms with Gasteiger partial charge in [-0.2, -0.15) is 11.8 Å². The molecule has 1 aliphatic heterocycles. The number of carbonyl (C=O) groups is 2. The molecule has 2 N–H and O–H groups in total. The fraction of sp³-hybridized carbons (Fsp3) is 0.500. The van der Waals surface area contributed by atoms with Crippen LogP contribution in [0.5, 0.6) is 5.75 Å². The maximum atomic E-state index is 12.4. The Hall–Kier alpha value is -1.69. The lowest BCUT2D eigenvalue weighted by Crippen LogP contribution is -2.56. The number of hydrogen-bond donors (Lipinski definition) is 2. The van der Waals surface area contributed by atoms with Crippen LogP contribution >= 0.6 is 11.8 Å². The standard InChI is InChI=1S/C16H21NO4S/c1-2-8-21-13-5-3-4-12(11-13)14(18)17-16(15(19)20)6-9-22-10-7-16/h3-5,11H,2,6-10H2,1H3,(H,17,18)(H,19,20). The molecule has 1 heterocycles. The molecule has 1 amide bonds. The Kier molecular flexibility index (Phi) is 5.71. The zero-order valence-electron chi connectivity index (χ0n) is 12.6. The molecule has 0 atom stereocenters. The fourth-order valence-corrected chi connectivity index (χ4v) is 3.54. The van der Waals surface area contributed by atoms with Gasteiger partial charge in [-0.25, -0.2) is 4.79 Å². The Labute approximate surface area is 134 Å². The summed E-state index contributed by atoms with van der Waals surface area (Å²) in [6, 6.07) is 6.85. The second-order valence-electron chi connectivity index (χ2n) is 5.33. The summed E-state index contributed by atoms with van der Waals surface area (Å²) in [5.41, 5.74) is -0.727. The lowest BCUT2D eigenvalue weighted by molar-refractivity contribution is -0.144. The molecule has 0 aromatic heterocycles. The average Bonchev–Trinajstić information content (AvgIpc) is 2.54. The van der Waals surface area contributed by atoms with E-state index in [-0.39, 0.29) is 5.91 Å². The van der Waals surface area contributed by atoms with Crippen LogP contribution in [0.15, 0.2) is 24.3 Å². The highest BCUT2D eigenvalue weighted by Gasteiger charge is 2.41. The first-order chi connectivity index (χ1) is 10.6. The quantitative estimate of drug-likeness (QED) is 0.841. The van der Waals surface area contributed by atoms with E-state index < -0.39 is 11.5 Å². The number of hydrogen-bond acceptors (Lipinski definition) is 4. The third-order valence-corrected chi connectivity index (χ3v) is 4.66. The molecule has 0 unspecified atom stereocenters. The molecule has 6 heteroatoms. The number of nitrogens with one attached hydrogen (secondary N) is 1. The van der Waals surface area contributed by atoms with Crippen molar-refractivity contribution in [3.8, 4) is 5.75 Å². The highest BCUT2D eigenvalue weighted by Crippen LogP contribution is 2.28. The number of benzene rings is 1. The summed E-state index contributed by atoms with van der Waals surface area (Å²) in [6.45, 7) is 2.59. The third kappa shape index (κ3) is 3.94. The molecule has 5 nitrogen and oxygen atoms in total. The summed E-state index contributed by atoms with van der Waals surface area (Å²) in [6.07, 6.45) is 1.78. The molecule has 0 aliphatic carbocycles. The summed E-state index contributed by atoms with van der Waals surface area (Å²) in [4.78, 5) is 24.0. The number of aliphatic carboxylic acids is 1. The minimum absolute atomic E-state index is 0.365. The molecule has 0 bridgehead atoms. The average molecular weight is 323 g/mol. The highest BCUT2D eigenvalue weighted by atomic mass is 32.2. The number of amides is 1. The van der Waals surface area contributed by atoms with Crippen molar-refractivity contribution in [2.45, 2.75) is 31.7 Å². The molecule has 0 saturated carbocycles. The second kappa shape index (κ2) is 7.54. The predicted molar refractivity (Wildman–Crippen MR) is 86.6 cm³/mol. The summed E-state index contributed by atoms with van der Waals surface area (Å²) >= 11 is 1.71. The summed E-state index contributed by atoms with van der Waals surface area (Å²) in [5, 5.41) is 12.2. The van der Waals surface area contributed by atoms with E-state index >= 15 is 0 Å². The summed E-state index contributed by atoms with van der Waals surface area (Å²) < 4.78 is 5.51. The van der Waals surface area contributed by atoms with Crippen molar-refractivity contribution < 1.29 is 19.4 Å².